The molecule has 4 rings (SSSR count). The highest BCUT2D eigenvalue weighted by molar-refractivity contribution is 6.32. The van der Waals surface area contributed by atoms with Gasteiger partial charge in [-0.05, 0) is 24.1 Å². The largest absolute Gasteiger partial charge is 0.486 e. The predicted octanol–water partition coefficient (Wildman–Crippen LogP) is 1.59. The molecule has 0 amide bonds. The van der Waals surface area contributed by atoms with Crippen molar-refractivity contribution in [2.45, 2.75) is 19.0 Å². The van der Waals surface area contributed by atoms with Crippen molar-refractivity contribution in [3.63, 3.8) is 0 Å². The van der Waals surface area contributed by atoms with E-state index in [0.717, 1.165) is 57.3 Å². The van der Waals surface area contributed by atoms with Gasteiger partial charge in [-0.15, -0.1) is 0 Å². The number of morpholine rings is 1. The normalized spacial score (nSPS) is 23.6. The van der Waals surface area contributed by atoms with Gasteiger partial charge in [0.1, 0.15) is 13.2 Å². The van der Waals surface area contributed by atoms with E-state index in [0.29, 0.717) is 42.3 Å². The molecule has 1 unspecified atom stereocenters. The number of nitrogens with zero attached hydrogens (tertiary/aromatic N) is 3. The lowest BCUT2D eigenvalue weighted by Gasteiger charge is -2.32. The first-order valence-corrected chi connectivity index (χ1v) is 9.98. The monoisotopic (exact) mass is 394 g/mol. The smallest absolute Gasteiger partial charge is 0.193 e. The van der Waals surface area contributed by atoms with Crippen LogP contribution in [0.2, 0.25) is 5.02 Å². The van der Waals surface area contributed by atoms with Crippen molar-refractivity contribution in [1.82, 2.24) is 15.1 Å². The van der Waals surface area contributed by atoms with Crippen LogP contribution in [0.15, 0.2) is 17.1 Å². The Kier molecular flexibility index (Phi) is 5.90. The van der Waals surface area contributed by atoms with E-state index in [-0.39, 0.29) is 0 Å². The summed E-state index contributed by atoms with van der Waals surface area (Å²) in [6, 6.07) is 4.49. The number of aliphatic imine (C=N–C) groups is 1. The Morgan fingerprint density at radius 3 is 2.81 bits per heavy atom. The minimum atomic E-state index is 0.538. The summed E-state index contributed by atoms with van der Waals surface area (Å²) in [7, 11) is 1.83. The first kappa shape index (κ1) is 18.7. The van der Waals surface area contributed by atoms with Crippen molar-refractivity contribution in [3.05, 3.63) is 22.7 Å². The average molecular weight is 395 g/mol. The van der Waals surface area contributed by atoms with E-state index in [4.69, 9.17) is 25.8 Å². The van der Waals surface area contributed by atoms with Crippen molar-refractivity contribution in [3.8, 4) is 11.5 Å². The molecule has 148 valence electrons. The fourth-order valence-electron chi connectivity index (χ4n) is 3.95. The van der Waals surface area contributed by atoms with Gasteiger partial charge in [0.15, 0.2) is 17.5 Å². The van der Waals surface area contributed by atoms with Crippen molar-refractivity contribution < 1.29 is 14.2 Å². The molecule has 8 heteroatoms. The highest BCUT2D eigenvalue weighted by Crippen LogP contribution is 2.38. The molecule has 0 spiro atoms. The summed E-state index contributed by atoms with van der Waals surface area (Å²) in [5.74, 6) is 2.29. The molecule has 1 atom stereocenters. The minimum absolute atomic E-state index is 0.538. The summed E-state index contributed by atoms with van der Waals surface area (Å²) in [5, 5.41) is 4.05. The molecule has 0 saturated carbocycles. The van der Waals surface area contributed by atoms with Gasteiger partial charge in [-0.2, -0.15) is 0 Å². The Labute approximate surface area is 165 Å². The van der Waals surface area contributed by atoms with Crippen molar-refractivity contribution in [2.24, 2.45) is 4.99 Å². The van der Waals surface area contributed by atoms with Crippen LogP contribution < -0.4 is 14.8 Å². The summed E-state index contributed by atoms with van der Waals surface area (Å²) in [4.78, 5) is 9.35. The van der Waals surface area contributed by atoms with Crippen molar-refractivity contribution >= 4 is 17.6 Å². The number of ether oxygens (including phenoxy) is 3. The number of halogens is 1. The van der Waals surface area contributed by atoms with Crippen LogP contribution in [0, 0.1) is 0 Å². The topological polar surface area (TPSA) is 58.6 Å². The summed E-state index contributed by atoms with van der Waals surface area (Å²) >= 11 is 6.34. The Hall–Kier alpha value is -1.70. The molecule has 3 aliphatic heterocycles. The van der Waals surface area contributed by atoms with Crippen LogP contribution in [0.25, 0.3) is 0 Å². The highest BCUT2D eigenvalue weighted by Gasteiger charge is 2.30. The van der Waals surface area contributed by atoms with Gasteiger partial charge < -0.3 is 24.4 Å². The van der Waals surface area contributed by atoms with Crippen LogP contribution >= 0.6 is 11.6 Å². The molecule has 3 heterocycles. The van der Waals surface area contributed by atoms with E-state index in [1.165, 1.54) is 0 Å². The second kappa shape index (κ2) is 8.54. The van der Waals surface area contributed by atoms with Crippen LogP contribution in [-0.2, 0) is 11.3 Å². The molecule has 3 aliphatic rings. The quantitative estimate of drug-likeness (QED) is 0.620. The number of hydrogen-bond donors (Lipinski definition) is 1. The maximum atomic E-state index is 6.34. The maximum absolute atomic E-state index is 6.34. The van der Waals surface area contributed by atoms with Gasteiger partial charge in [0.05, 0.1) is 18.2 Å². The third-order valence-electron chi connectivity index (χ3n) is 5.34. The number of likely N-dealkylation sites (tertiary alicyclic amines) is 1. The highest BCUT2D eigenvalue weighted by atomic mass is 35.5. The third-order valence-corrected chi connectivity index (χ3v) is 5.62. The van der Waals surface area contributed by atoms with Crippen LogP contribution in [0.4, 0.5) is 0 Å². The van der Waals surface area contributed by atoms with E-state index < -0.39 is 0 Å². The SMILES string of the molecule is CN=C(NCc1cc(Cl)c2c(c1)OCCO2)N1CCC(N2CCOCC2)C1. The zero-order chi connectivity index (χ0) is 18.6. The predicted molar refractivity (Wildman–Crippen MR) is 105 cm³/mol. The summed E-state index contributed by atoms with van der Waals surface area (Å²) in [5.41, 5.74) is 1.05. The number of nitrogens with one attached hydrogen (secondary N) is 1. The number of fused-ring (bicyclic) bond motifs is 1. The van der Waals surface area contributed by atoms with Crippen molar-refractivity contribution in [1.29, 1.82) is 0 Å². The zero-order valence-corrected chi connectivity index (χ0v) is 16.5. The second-order valence-corrected chi connectivity index (χ2v) is 7.45. The minimum Gasteiger partial charge on any atom is -0.486 e. The molecule has 0 aromatic heterocycles. The number of hydrogen-bond acceptors (Lipinski definition) is 5. The molecule has 0 radical (unpaired) electrons. The van der Waals surface area contributed by atoms with Crippen LogP contribution in [0.3, 0.4) is 0 Å². The van der Waals surface area contributed by atoms with Gasteiger partial charge in [-0.1, -0.05) is 11.6 Å². The lowest BCUT2D eigenvalue weighted by molar-refractivity contribution is 0.0195. The number of guanidine groups is 1. The molecule has 2 saturated heterocycles. The first-order chi connectivity index (χ1) is 13.2. The standard InChI is InChI=1S/C19H27ClN4O3/c1-21-19(24-3-2-15(13-24)23-4-6-25-7-5-23)22-12-14-10-16(20)18-17(11-14)26-8-9-27-18/h10-11,15H,2-9,12-13H2,1H3,(H,21,22). The van der Waals surface area contributed by atoms with Crippen molar-refractivity contribution in [2.75, 3.05) is 59.7 Å². The molecule has 0 aliphatic carbocycles. The van der Waals surface area contributed by atoms with Gasteiger partial charge >= 0.3 is 0 Å². The fourth-order valence-corrected chi connectivity index (χ4v) is 4.24. The lowest BCUT2D eigenvalue weighted by Crippen LogP contribution is -2.46. The summed E-state index contributed by atoms with van der Waals surface area (Å²) < 4.78 is 16.7. The van der Waals surface area contributed by atoms with Crippen LogP contribution in [0.5, 0.6) is 11.5 Å². The van der Waals surface area contributed by atoms with Gasteiger partial charge in [-0.25, -0.2) is 0 Å². The second-order valence-electron chi connectivity index (χ2n) is 7.04. The Morgan fingerprint density at radius 2 is 2.00 bits per heavy atom. The average Bonchev–Trinajstić information content (AvgIpc) is 3.19. The van der Waals surface area contributed by atoms with E-state index in [2.05, 4.69) is 20.1 Å². The van der Waals surface area contributed by atoms with Gasteiger partial charge in [0.25, 0.3) is 0 Å². The van der Waals surface area contributed by atoms with E-state index in [9.17, 15) is 0 Å². The number of benzene rings is 1. The maximum Gasteiger partial charge on any atom is 0.193 e. The third kappa shape index (κ3) is 4.25. The molecule has 27 heavy (non-hydrogen) atoms. The molecule has 1 aromatic carbocycles. The van der Waals surface area contributed by atoms with E-state index >= 15 is 0 Å². The van der Waals surface area contributed by atoms with E-state index in [1.54, 1.807) is 0 Å². The molecular weight excluding hydrogens is 368 g/mol. The molecule has 1 N–H and O–H groups in total. The first-order valence-electron chi connectivity index (χ1n) is 9.60. The summed E-state index contributed by atoms with van der Waals surface area (Å²) in [6.45, 7) is 7.49. The molecular formula is C19H27ClN4O3. The Bertz CT molecular complexity index is 694. The van der Waals surface area contributed by atoms with Crippen LogP contribution in [0.1, 0.15) is 12.0 Å². The molecule has 2 fully saturated rings. The van der Waals surface area contributed by atoms with Crippen LogP contribution in [-0.4, -0.2) is 81.5 Å². The van der Waals surface area contributed by atoms with Gasteiger partial charge in [-0.3, -0.25) is 9.89 Å². The Morgan fingerprint density at radius 1 is 1.19 bits per heavy atom. The molecule has 7 nitrogen and oxygen atoms in total. The van der Waals surface area contributed by atoms with Gasteiger partial charge in [0, 0.05) is 45.8 Å². The molecule has 0 bridgehead atoms. The zero-order valence-electron chi connectivity index (χ0n) is 15.7. The van der Waals surface area contributed by atoms with Gasteiger partial charge in [0.2, 0.25) is 0 Å². The summed E-state index contributed by atoms with van der Waals surface area (Å²) in [6.07, 6.45) is 1.16. The molecule has 1 aromatic rings. The fraction of sp³-hybridized carbons (Fsp3) is 0.632. The number of rotatable bonds is 3. The lowest BCUT2D eigenvalue weighted by atomic mass is 10.2. The Balaban J connectivity index is 1.35. The van der Waals surface area contributed by atoms with E-state index in [1.807, 2.05) is 19.2 Å².